The molecule has 0 aliphatic carbocycles. The number of ketones is 1. The van der Waals surface area contributed by atoms with E-state index in [1.54, 1.807) is 0 Å². The van der Waals surface area contributed by atoms with Gasteiger partial charge in [0.25, 0.3) is 0 Å². The molecule has 1 atom stereocenters. The third kappa shape index (κ3) is 3.08. The van der Waals surface area contributed by atoms with Crippen LogP contribution in [0.25, 0.3) is 0 Å². The van der Waals surface area contributed by atoms with Gasteiger partial charge < -0.3 is 0 Å². The third-order valence-corrected chi connectivity index (χ3v) is 2.62. The number of nitrogens with zero attached hydrogens (tertiary/aromatic N) is 1. The Labute approximate surface area is 83.6 Å². The van der Waals surface area contributed by atoms with Gasteiger partial charge in [0.1, 0.15) is 5.78 Å². The van der Waals surface area contributed by atoms with Crippen LogP contribution in [0.5, 0.6) is 0 Å². The van der Waals surface area contributed by atoms with Crippen LogP contribution in [0.4, 0.5) is 0 Å². The van der Waals surface area contributed by atoms with Gasteiger partial charge in [-0.2, -0.15) is 0 Å². The Morgan fingerprint density at radius 3 is 2.64 bits per heavy atom. The molecule has 1 saturated heterocycles. The van der Waals surface area contributed by atoms with Crippen LogP contribution in [0.15, 0.2) is 0 Å². The Morgan fingerprint density at radius 2 is 2.14 bits per heavy atom. The lowest BCUT2D eigenvalue weighted by Gasteiger charge is -2.31. The van der Waals surface area contributed by atoms with Crippen LogP contribution < -0.4 is 11.3 Å². The monoisotopic (exact) mass is 199 g/mol. The van der Waals surface area contributed by atoms with Crippen LogP contribution in [0.2, 0.25) is 0 Å². The molecule has 0 spiro atoms. The summed E-state index contributed by atoms with van der Waals surface area (Å²) in [5.41, 5.74) is 2.11. The van der Waals surface area contributed by atoms with Crippen molar-refractivity contribution in [1.29, 1.82) is 0 Å². The molecule has 1 rings (SSSR count). The molecular formula is C9H17N3O2. The zero-order valence-corrected chi connectivity index (χ0v) is 8.45. The number of carbonyl (C=O) groups is 2. The summed E-state index contributed by atoms with van der Waals surface area (Å²) in [5, 5.41) is 0. The van der Waals surface area contributed by atoms with Crippen LogP contribution in [-0.2, 0) is 9.59 Å². The molecule has 0 aromatic rings. The lowest BCUT2D eigenvalue weighted by atomic mass is 10.1. The topological polar surface area (TPSA) is 75.4 Å². The van der Waals surface area contributed by atoms with Crippen molar-refractivity contribution < 1.29 is 9.59 Å². The molecule has 0 aromatic heterocycles. The fraction of sp³-hybridized carbons (Fsp3) is 0.778. The predicted octanol–water partition coefficient (Wildman–Crippen LogP) is -0.580. The number of piperidine rings is 1. The quantitative estimate of drug-likeness (QED) is 0.362. The highest BCUT2D eigenvalue weighted by atomic mass is 16.2. The number of hydrogen-bond acceptors (Lipinski definition) is 4. The van der Waals surface area contributed by atoms with Crippen LogP contribution in [-0.4, -0.2) is 35.7 Å². The lowest BCUT2D eigenvalue weighted by Crippen LogP contribution is -2.43. The molecule has 1 unspecified atom stereocenters. The van der Waals surface area contributed by atoms with Crippen LogP contribution in [0.3, 0.4) is 0 Å². The number of nitrogens with one attached hydrogen (secondary N) is 1. The van der Waals surface area contributed by atoms with E-state index in [0.29, 0.717) is 25.0 Å². The van der Waals surface area contributed by atoms with Gasteiger partial charge in [-0.05, 0) is 6.92 Å². The van der Waals surface area contributed by atoms with Gasteiger partial charge in [-0.15, -0.1) is 0 Å². The Bertz CT molecular complexity index is 220. The smallest absolute Gasteiger partial charge is 0.235 e. The lowest BCUT2D eigenvalue weighted by molar-refractivity contribution is -0.123. The molecule has 1 aliphatic heterocycles. The second kappa shape index (κ2) is 5.07. The van der Waals surface area contributed by atoms with Crippen LogP contribution >= 0.6 is 0 Å². The number of Topliss-reactive ketones (excluding diaryl/α,β-unsaturated/α-hetero) is 1. The van der Waals surface area contributed by atoms with E-state index in [9.17, 15) is 9.59 Å². The number of hydrazine groups is 1. The number of likely N-dealkylation sites (tertiary alicyclic amines) is 1. The highest BCUT2D eigenvalue weighted by Gasteiger charge is 2.21. The molecule has 0 saturated carbocycles. The standard InChI is InChI=1S/C9H17N3O2/c1-7(6-9(14)11-10)12-4-2-8(13)3-5-12/h7H,2-6,10H2,1H3,(H,11,14). The maximum Gasteiger partial charge on any atom is 0.235 e. The van der Waals surface area contributed by atoms with Gasteiger partial charge in [0.05, 0.1) is 0 Å². The van der Waals surface area contributed by atoms with Gasteiger partial charge in [-0.25, -0.2) is 5.84 Å². The molecule has 14 heavy (non-hydrogen) atoms. The minimum atomic E-state index is -0.158. The average molecular weight is 199 g/mol. The third-order valence-electron chi connectivity index (χ3n) is 2.62. The number of rotatable bonds is 3. The number of hydrogen-bond donors (Lipinski definition) is 2. The second-order valence-corrected chi connectivity index (χ2v) is 3.70. The minimum absolute atomic E-state index is 0.158. The van der Waals surface area contributed by atoms with Crippen molar-refractivity contribution in [2.24, 2.45) is 5.84 Å². The fourth-order valence-corrected chi connectivity index (χ4v) is 1.67. The van der Waals surface area contributed by atoms with Gasteiger partial charge in [-0.3, -0.25) is 19.9 Å². The average Bonchev–Trinajstić information content (AvgIpc) is 2.18. The zero-order valence-electron chi connectivity index (χ0n) is 8.45. The largest absolute Gasteiger partial charge is 0.300 e. The zero-order chi connectivity index (χ0) is 10.6. The first-order chi connectivity index (χ1) is 6.63. The number of carbonyl (C=O) groups excluding carboxylic acids is 2. The molecule has 1 heterocycles. The van der Waals surface area contributed by atoms with E-state index in [-0.39, 0.29) is 11.9 Å². The number of amides is 1. The number of nitrogens with two attached hydrogens (primary N) is 1. The Balaban J connectivity index is 2.33. The van der Waals surface area contributed by atoms with Crippen molar-refractivity contribution in [3.05, 3.63) is 0 Å². The maximum atomic E-state index is 11.0. The van der Waals surface area contributed by atoms with Gasteiger partial charge >= 0.3 is 0 Å². The molecule has 1 fully saturated rings. The SMILES string of the molecule is CC(CC(=O)NN)N1CCC(=O)CC1. The molecule has 0 aromatic carbocycles. The van der Waals surface area contributed by atoms with Crippen molar-refractivity contribution in [2.75, 3.05) is 13.1 Å². The molecule has 0 bridgehead atoms. The van der Waals surface area contributed by atoms with Crippen LogP contribution in [0.1, 0.15) is 26.2 Å². The summed E-state index contributed by atoms with van der Waals surface area (Å²) in [5.74, 6) is 5.16. The summed E-state index contributed by atoms with van der Waals surface area (Å²) < 4.78 is 0. The first-order valence-corrected chi connectivity index (χ1v) is 4.88. The molecule has 3 N–H and O–H groups in total. The fourth-order valence-electron chi connectivity index (χ4n) is 1.67. The van der Waals surface area contributed by atoms with E-state index in [2.05, 4.69) is 10.3 Å². The summed E-state index contributed by atoms with van der Waals surface area (Å²) in [6.07, 6.45) is 1.61. The van der Waals surface area contributed by atoms with Crippen molar-refractivity contribution >= 4 is 11.7 Å². The van der Waals surface area contributed by atoms with E-state index >= 15 is 0 Å². The van der Waals surface area contributed by atoms with E-state index in [4.69, 9.17) is 5.84 Å². The molecule has 80 valence electrons. The van der Waals surface area contributed by atoms with Gasteiger partial charge in [0.15, 0.2) is 0 Å². The Morgan fingerprint density at radius 1 is 1.57 bits per heavy atom. The first kappa shape index (κ1) is 11.1. The highest BCUT2D eigenvalue weighted by Crippen LogP contribution is 2.11. The molecule has 1 amide bonds. The van der Waals surface area contributed by atoms with E-state index in [1.807, 2.05) is 6.92 Å². The molecule has 0 radical (unpaired) electrons. The molecular weight excluding hydrogens is 182 g/mol. The van der Waals surface area contributed by atoms with E-state index < -0.39 is 0 Å². The minimum Gasteiger partial charge on any atom is -0.300 e. The van der Waals surface area contributed by atoms with Crippen LogP contribution in [0, 0.1) is 0 Å². The Kier molecular flexibility index (Phi) is 4.03. The first-order valence-electron chi connectivity index (χ1n) is 4.88. The Hall–Kier alpha value is -0.940. The molecule has 5 heteroatoms. The van der Waals surface area contributed by atoms with Crippen molar-refractivity contribution in [2.45, 2.75) is 32.2 Å². The summed E-state index contributed by atoms with van der Waals surface area (Å²) in [6.45, 7) is 3.50. The normalized spacial score (nSPS) is 20.6. The molecule has 5 nitrogen and oxygen atoms in total. The van der Waals surface area contributed by atoms with E-state index in [0.717, 1.165) is 13.1 Å². The predicted molar refractivity (Wildman–Crippen MR) is 52.2 cm³/mol. The van der Waals surface area contributed by atoms with Gasteiger partial charge in [0.2, 0.25) is 5.91 Å². The van der Waals surface area contributed by atoms with Crippen molar-refractivity contribution in [1.82, 2.24) is 10.3 Å². The molecule has 1 aliphatic rings. The second-order valence-electron chi connectivity index (χ2n) is 3.70. The maximum absolute atomic E-state index is 11.0. The highest BCUT2D eigenvalue weighted by molar-refractivity contribution is 5.79. The summed E-state index contributed by atoms with van der Waals surface area (Å²) in [4.78, 5) is 24.1. The van der Waals surface area contributed by atoms with Crippen molar-refractivity contribution in [3.63, 3.8) is 0 Å². The van der Waals surface area contributed by atoms with Gasteiger partial charge in [-0.1, -0.05) is 0 Å². The summed E-state index contributed by atoms with van der Waals surface area (Å²) in [6, 6.07) is 0.159. The summed E-state index contributed by atoms with van der Waals surface area (Å²) >= 11 is 0. The summed E-state index contributed by atoms with van der Waals surface area (Å²) in [7, 11) is 0. The van der Waals surface area contributed by atoms with Crippen molar-refractivity contribution in [3.8, 4) is 0 Å². The van der Waals surface area contributed by atoms with Gasteiger partial charge in [0, 0.05) is 38.4 Å². The van der Waals surface area contributed by atoms with E-state index in [1.165, 1.54) is 0 Å².